The predicted octanol–water partition coefficient (Wildman–Crippen LogP) is 3.41. The second kappa shape index (κ2) is 6.77. The van der Waals surface area contributed by atoms with Crippen molar-refractivity contribution in [3.8, 4) is 0 Å². The highest BCUT2D eigenvalue weighted by atomic mass is 16.2. The van der Waals surface area contributed by atoms with Gasteiger partial charge in [-0.3, -0.25) is 9.59 Å². The molecule has 2 amide bonds. The van der Waals surface area contributed by atoms with Crippen molar-refractivity contribution >= 4 is 11.8 Å². The zero-order valence-electron chi connectivity index (χ0n) is 16.2. The summed E-state index contributed by atoms with van der Waals surface area (Å²) in [5.41, 5.74) is 5.74. The molecule has 0 saturated carbocycles. The van der Waals surface area contributed by atoms with E-state index in [0.29, 0.717) is 30.8 Å². The van der Waals surface area contributed by atoms with Crippen molar-refractivity contribution < 1.29 is 9.59 Å². The highest BCUT2D eigenvalue weighted by molar-refractivity contribution is 5.87. The van der Waals surface area contributed by atoms with E-state index in [4.69, 9.17) is 0 Å². The Morgan fingerprint density at radius 2 is 1.61 bits per heavy atom. The molecule has 1 N–H and O–H groups in total. The second-order valence-corrected chi connectivity index (χ2v) is 8.40. The maximum atomic E-state index is 12.8. The molecule has 0 aromatic heterocycles. The quantitative estimate of drug-likeness (QED) is 0.895. The van der Waals surface area contributed by atoms with Gasteiger partial charge in [0.1, 0.15) is 6.04 Å². The van der Waals surface area contributed by atoms with Crippen molar-refractivity contribution in [1.29, 1.82) is 0 Å². The Labute approximate surface area is 165 Å². The van der Waals surface area contributed by atoms with Crippen LogP contribution >= 0.6 is 0 Å². The van der Waals surface area contributed by atoms with Gasteiger partial charge in [-0.05, 0) is 47.4 Å². The molecule has 2 bridgehead atoms. The number of hydrogen-bond donors (Lipinski definition) is 1. The highest BCUT2D eigenvalue weighted by Gasteiger charge is 2.43. The summed E-state index contributed by atoms with van der Waals surface area (Å²) in [5.74, 6) is 1.16. The Balaban J connectivity index is 1.38. The third-order valence-corrected chi connectivity index (χ3v) is 6.92. The van der Waals surface area contributed by atoms with Crippen molar-refractivity contribution in [3.05, 3.63) is 70.8 Å². The van der Waals surface area contributed by atoms with Gasteiger partial charge in [0.15, 0.2) is 0 Å². The lowest BCUT2D eigenvalue weighted by molar-refractivity contribution is -0.136. The second-order valence-electron chi connectivity index (χ2n) is 8.40. The van der Waals surface area contributed by atoms with E-state index in [0.717, 1.165) is 19.3 Å². The molecule has 28 heavy (non-hydrogen) atoms. The van der Waals surface area contributed by atoms with Crippen LogP contribution in [0.2, 0.25) is 0 Å². The number of nitrogens with zero attached hydrogens (tertiary/aromatic N) is 1. The smallest absolute Gasteiger partial charge is 0.242 e. The van der Waals surface area contributed by atoms with Crippen LogP contribution in [0.3, 0.4) is 0 Å². The van der Waals surface area contributed by atoms with Crippen molar-refractivity contribution in [2.24, 2.45) is 5.92 Å². The molecule has 4 aliphatic rings. The van der Waals surface area contributed by atoms with Crippen molar-refractivity contribution in [1.82, 2.24) is 10.2 Å². The van der Waals surface area contributed by atoms with Crippen LogP contribution in [-0.2, 0) is 9.59 Å². The van der Waals surface area contributed by atoms with Gasteiger partial charge < -0.3 is 10.2 Å². The van der Waals surface area contributed by atoms with Crippen LogP contribution in [-0.4, -0.2) is 35.8 Å². The van der Waals surface area contributed by atoms with E-state index in [2.05, 4.69) is 53.8 Å². The fourth-order valence-electron chi connectivity index (χ4n) is 5.73. The van der Waals surface area contributed by atoms with Crippen molar-refractivity contribution in [2.45, 2.75) is 44.1 Å². The lowest BCUT2D eigenvalue weighted by Gasteiger charge is -2.45. The molecule has 6 rings (SSSR count). The molecule has 1 saturated heterocycles. The summed E-state index contributed by atoms with van der Waals surface area (Å²) >= 11 is 0. The van der Waals surface area contributed by atoms with Crippen LogP contribution in [0.15, 0.2) is 48.5 Å². The Bertz CT molecular complexity index is 890. The van der Waals surface area contributed by atoms with Gasteiger partial charge in [0.2, 0.25) is 11.8 Å². The van der Waals surface area contributed by atoms with E-state index in [9.17, 15) is 9.59 Å². The molecule has 0 spiro atoms. The van der Waals surface area contributed by atoms with Gasteiger partial charge in [0, 0.05) is 31.8 Å². The van der Waals surface area contributed by atoms with Crippen LogP contribution in [0, 0.1) is 5.92 Å². The summed E-state index contributed by atoms with van der Waals surface area (Å²) < 4.78 is 0. The van der Waals surface area contributed by atoms with Gasteiger partial charge >= 0.3 is 0 Å². The molecule has 4 heteroatoms. The van der Waals surface area contributed by atoms with Gasteiger partial charge in [-0.25, -0.2) is 0 Å². The third-order valence-electron chi connectivity index (χ3n) is 6.92. The first kappa shape index (κ1) is 17.5. The van der Waals surface area contributed by atoms with E-state index in [1.54, 1.807) is 11.8 Å². The molecule has 1 fully saturated rings. The lowest BCUT2D eigenvalue weighted by atomic mass is 9.59. The average molecular weight is 374 g/mol. The van der Waals surface area contributed by atoms with E-state index in [-0.39, 0.29) is 17.9 Å². The van der Waals surface area contributed by atoms with Crippen LogP contribution in [0.25, 0.3) is 0 Å². The standard InChI is InChI=1S/C24H26N2O2/c1-15(27)26-12-6-11-22(26)24(28)25-14-16-13-21-17-7-2-4-9-19(17)23(16)20-10-5-3-8-18(20)21/h2-5,7-10,16,21-23H,6,11-14H2,1H3,(H,25,28)/t16-,21?,22-,23?/m1/s1. The van der Waals surface area contributed by atoms with Crippen molar-refractivity contribution in [3.63, 3.8) is 0 Å². The molecule has 144 valence electrons. The monoisotopic (exact) mass is 374 g/mol. The van der Waals surface area contributed by atoms with Crippen LogP contribution in [0.5, 0.6) is 0 Å². The van der Waals surface area contributed by atoms with Gasteiger partial charge in [-0.1, -0.05) is 48.5 Å². The molecular weight excluding hydrogens is 348 g/mol. The highest BCUT2D eigenvalue weighted by Crippen LogP contribution is 2.55. The normalized spacial score (nSPS) is 27.2. The number of likely N-dealkylation sites (tertiary alicyclic amines) is 1. The number of carbonyl (C=O) groups excluding carboxylic acids is 2. The number of nitrogens with one attached hydrogen (secondary N) is 1. The third kappa shape index (κ3) is 2.66. The summed E-state index contributed by atoms with van der Waals surface area (Å²) in [4.78, 5) is 26.3. The minimum absolute atomic E-state index is 0.00257. The number of amides is 2. The summed E-state index contributed by atoms with van der Waals surface area (Å²) in [6, 6.07) is 17.3. The van der Waals surface area contributed by atoms with Gasteiger partial charge in [-0.2, -0.15) is 0 Å². The largest absolute Gasteiger partial charge is 0.354 e. The average Bonchev–Trinajstić information content (AvgIpc) is 3.23. The first-order valence-electron chi connectivity index (χ1n) is 10.4. The zero-order chi connectivity index (χ0) is 19.3. The van der Waals surface area contributed by atoms with Crippen LogP contribution in [0.4, 0.5) is 0 Å². The van der Waals surface area contributed by atoms with E-state index < -0.39 is 0 Å². The van der Waals surface area contributed by atoms with Crippen LogP contribution in [0.1, 0.15) is 60.3 Å². The molecule has 0 radical (unpaired) electrons. The molecular formula is C24H26N2O2. The van der Waals surface area contributed by atoms with Crippen LogP contribution < -0.4 is 5.32 Å². The first-order chi connectivity index (χ1) is 13.6. The molecule has 3 aliphatic carbocycles. The minimum Gasteiger partial charge on any atom is -0.354 e. The molecule has 2 aromatic carbocycles. The topological polar surface area (TPSA) is 49.4 Å². The SMILES string of the molecule is CC(=O)N1CCC[C@@H]1C(=O)NC[C@H]1CC2c3ccccc3C1c1ccccc12. The van der Waals surface area contributed by atoms with Gasteiger partial charge in [0.25, 0.3) is 0 Å². The number of carbonyl (C=O) groups is 2. The Kier molecular flexibility index (Phi) is 4.22. The van der Waals surface area contributed by atoms with Gasteiger partial charge in [0.05, 0.1) is 0 Å². The van der Waals surface area contributed by atoms with Gasteiger partial charge in [-0.15, -0.1) is 0 Å². The molecule has 2 atom stereocenters. The van der Waals surface area contributed by atoms with E-state index in [1.807, 2.05) is 0 Å². The van der Waals surface area contributed by atoms with Crippen molar-refractivity contribution in [2.75, 3.05) is 13.1 Å². The number of benzene rings is 2. The minimum atomic E-state index is -0.294. The summed E-state index contributed by atoms with van der Waals surface area (Å²) in [5, 5.41) is 3.19. The predicted molar refractivity (Wildman–Crippen MR) is 108 cm³/mol. The fraction of sp³-hybridized carbons (Fsp3) is 0.417. The fourth-order valence-corrected chi connectivity index (χ4v) is 5.73. The first-order valence-corrected chi connectivity index (χ1v) is 10.4. The lowest BCUT2D eigenvalue weighted by Crippen LogP contribution is -2.47. The molecule has 2 aromatic rings. The number of hydrogen-bond acceptors (Lipinski definition) is 2. The summed E-state index contributed by atoms with van der Waals surface area (Å²) in [6.45, 7) is 2.92. The summed E-state index contributed by atoms with van der Waals surface area (Å²) in [7, 11) is 0. The zero-order valence-corrected chi connectivity index (χ0v) is 16.2. The molecule has 4 nitrogen and oxygen atoms in total. The molecule has 1 aliphatic heterocycles. The Morgan fingerprint density at radius 3 is 2.21 bits per heavy atom. The van der Waals surface area contributed by atoms with E-state index in [1.165, 1.54) is 22.3 Å². The maximum absolute atomic E-state index is 12.8. The number of fused-ring (bicyclic) bond motifs is 1. The molecule has 1 heterocycles. The maximum Gasteiger partial charge on any atom is 0.242 e. The number of rotatable bonds is 3. The Morgan fingerprint density at radius 1 is 1.00 bits per heavy atom. The molecule has 0 unspecified atom stereocenters. The van der Waals surface area contributed by atoms with E-state index >= 15 is 0 Å². The Hall–Kier alpha value is -2.62. The summed E-state index contributed by atoms with van der Waals surface area (Å²) in [6.07, 6.45) is 2.75.